The van der Waals surface area contributed by atoms with Crippen LogP contribution in [0.4, 0.5) is 4.39 Å². The van der Waals surface area contributed by atoms with E-state index in [1.807, 2.05) is 0 Å². The van der Waals surface area contributed by atoms with Crippen LogP contribution in [-0.2, 0) is 9.53 Å². The lowest BCUT2D eigenvalue weighted by molar-refractivity contribution is -0.143. The molecule has 2 rings (SSSR count). The van der Waals surface area contributed by atoms with Crippen LogP contribution in [0.5, 0.6) is 5.75 Å². The molecular weight excluding hydrogens is 301 g/mol. The monoisotopic (exact) mass is 317 g/mol. The number of carbonyl (C=O) groups excluding carboxylic acids is 2. The first-order valence-corrected chi connectivity index (χ1v) is 7.16. The molecule has 0 aliphatic rings. The van der Waals surface area contributed by atoms with Gasteiger partial charge in [0.1, 0.15) is 17.3 Å². The quantitative estimate of drug-likeness (QED) is 0.654. The van der Waals surface area contributed by atoms with E-state index in [0.717, 1.165) is 0 Å². The predicted molar refractivity (Wildman–Crippen MR) is 81.5 cm³/mol. The second kappa shape index (κ2) is 7.49. The normalized spacial score (nSPS) is 10.3. The first-order valence-electron chi connectivity index (χ1n) is 7.16. The third-order valence-electron chi connectivity index (χ3n) is 3.15. The Bertz CT molecular complexity index is 730. The van der Waals surface area contributed by atoms with Crippen molar-refractivity contribution >= 4 is 11.8 Å². The molecular formula is C17H16FNO4. The van der Waals surface area contributed by atoms with Crippen molar-refractivity contribution in [3.63, 3.8) is 0 Å². The van der Waals surface area contributed by atoms with Gasteiger partial charge in [0, 0.05) is 12.0 Å². The van der Waals surface area contributed by atoms with Crippen LogP contribution < -0.4 is 0 Å². The molecule has 23 heavy (non-hydrogen) atoms. The minimum Gasteiger partial charge on any atom is -0.506 e. The van der Waals surface area contributed by atoms with E-state index >= 15 is 0 Å². The van der Waals surface area contributed by atoms with Crippen molar-refractivity contribution in [3.8, 4) is 17.0 Å². The van der Waals surface area contributed by atoms with E-state index in [9.17, 15) is 19.1 Å². The molecule has 0 aliphatic carbocycles. The van der Waals surface area contributed by atoms with Crippen LogP contribution >= 0.6 is 0 Å². The molecule has 0 saturated carbocycles. The zero-order chi connectivity index (χ0) is 16.8. The number of aromatic hydroxyl groups is 1. The van der Waals surface area contributed by atoms with Gasteiger partial charge in [0.05, 0.1) is 18.7 Å². The number of benzene rings is 1. The lowest BCUT2D eigenvalue weighted by Gasteiger charge is -2.07. The number of nitrogens with zero attached hydrogens (tertiary/aromatic N) is 1. The first kappa shape index (κ1) is 16.6. The Labute approximate surface area is 132 Å². The molecule has 0 bridgehead atoms. The molecule has 0 unspecified atom stereocenters. The molecule has 1 N–H and O–H groups in total. The summed E-state index contributed by atoms with van der Waals surface area (Å²) in [6.07, 6.45) is -0.238. The van der Waals surface area contributed by atoms with Crippen LogP contribution in [-0.4, -0.2) is 28.4 Å². The Hall–Kier alpha value is -2.76. The van der Waals surface area contributed by atoms with Crippen LogP contribution in [0.3, 0.4) is 0 Å². The lowest BCUT2D eigenvalue weighted by atomic mass is 10.1. The summed E-state index contributed by atoms with van der Waals surface area (Å²) in [7, 11) is 0. The van der Waals surface area contributed by atoms with Crippen molar-refractivity contribution < 1.29 is 23.8 Å². The Morgan fingerprint density at radius 1 is 1.17 bits per heavy atom. The number of ketones is 1. The van der Waals surface area contributed by atoms with Gasteiger partial charge < -0.3 is 9.84 Å². The minimum absolute atomic E-state index is 0.0995. The fourth-order valence-corrected chi connectivity index (χ4v) is 2.04. The van der Waals surface area contributed by atoms with Crippen molar-refractivity contribution in [2.75, 3.05) is 6.61 Å². The maximum absolute atomic E-state index is 13.8. The number of pyridine rings is 1. The lowest BCUT2D eigenvalue weighted by Crippen LogP contribution is -2.09. The number of rotatable bonds is 6. The second-order valence-corrected chi connectivity index (χ2v) is 4.77. The molecule has 6 heteroatoms. The number of hydrogen-bond donors (Lipinski definition) is 1. The van der Waals surface area contributed by atoms with E-state index < -0.39 is 17.6 Å². The molecule has 0 aliphatic heterocycles. The van der Waals surface area contributed by atoms with Crippen LogP contribution in [0.2, 0.25) is 0 Å². The van der Waals surface area contributed by atoms with Crippen molar-refractivity contribution in [1.29, 1.82) is 0 Å². The van der Waals surface area contributed by atoms with Crippen LogP contribution in [0.15, 0.2) is 36.4 Å². The molecule has 1 aromatic carbocycles. The highest BCUT2D eigenvalue weighted by atomic mass is 19.1. The van der Waals surface area contributed by atoms with Gasteiger partial charge in [0.2, 0.25) is 0 Å². The predicted octanol–water partition coefficient (Wildman–Crippen LogP) is 3.12. The summed E-state index contributed by atoms with van der Waals surface area (Å²) in [5.74, 6) is -1.78. The third-order valence-corrected chi connectivity index (χ3v) is 3.15. The second-order valence-electron chi connectivity index (χ2n) is 4.77. The Morgan fingerprint density at radius 3 is 2.61 bits per heavy atom. The zero-order valence-corrected chi connectivity index (χ0v) is 12.6. The SMILES string of the molecule is CCOC(=O)CCC(=O)c1nc(-c2ccccc2F)ccc1O. The molecule has 0 amide bonds. The molecule has 1 aromatic heterocycles. The van der Waals surface area contributed by atoms with Gasteiger partial charge in [-0.3, -0.25) is 9.59 Å². The van der Waals surface area contributed by atoms with Gasteiger partial charge in [0.15, 0.2) is 5.78 Å². The highest BCUT2D eigenvalue weighted by Gasteiger charge is 2.17. The van der Waals surface area contributed by atoms with Gasteiger partial charge in [-0.1, -0.05) is 12.1 Å². The standard InChI is InChI=1S/C17H16FNO4/c1-2-23-16(22)10-9-15(21)17-14(20)8-7-13(19-17)11-5-3-4-6-12(11)18/h3-8,20H,2,9-10H2,1H3. The van der Waals surface area contributed by atoms with Gasteiger partial charge in [-0.2, -0.15) is 0 Å². The summed E-state index contributed by atoms with van der Waals surface area (Å²) < 4.78 is 18.5. The molecule has 0 atom stereocenters. The minimum atomic E-state index is -0.506. The van der Waals surface area contributed by atoms with E-state index in [4.69, 9.17) is 4.74 Å². The largest absolute Gasteiger partial charge is 0.506 e. The van der Waals surface area contributed by atoms with E-state index in [-0.39, 0.29) is 42.1 Å². The van der Waals surface area contributed by atoms with Gasteiger partial charge in [-0.05, 0) is 31.2 Å². The molecule has 2 aromatic rings. The fraction of sp³-hybridized carbons (Fsp3) is 0.235. The van der Waals surface area contributed by atoms with Gasteiger partial charge >= 0.3 is 5.97 Å². The van der Waals surface area contributed by atoms with E-state index in [2.05, 4.69) is 4.98 Å². The molecule has 0 radical (unpaired) electrons. The van der Waals surface area contributed by atoms with Crippen LogP contribution in [0.25, 0.3) is 11.3 Å². The number of hydrogen-bond acceptors (Lipinski definition) is 5. The fourth-order valence-electron chi connectivity index (χ4n) is 2.04. The Morgan fingerprint density at radius 2 is 1.91 bits per heavy atom. The molecule has 0 spiro atoms. The maximum atomic E-state index is 13.8. The topological polar surface area (TPSA) is 76.5 Å². The summed E-state index contributed by atoms with van der Waals surface area (Å²) in [5.41, 5.74) is 0.280. The summed E-state index contributed by atoms with van der Waals surface area (Å²) in [6.45, 7) is 1.91. The van der Waals surface area contributed by atoms with Crippen LogP contribution in [0, 0.1) is 5.82 Å². The molecule has 0 saturated heterocycles. The highest BCUT2D eigenvalue weighted by Crippen LogP contribution is 2.25. The van der Waals surface area contributed by atoms with Crippen molar-refractivity contribution in [2.45, 2.75) is 19.8 Å². The van der Waals surface area contributed by atoms with Crippen molar-refractivity contribution in [2.24, 2.45) is 0 Å². The summed E-state index contributed by atoms with van der Waals surface area (Å²) in [5, 5.41) is 9.80. The number of halogens is 1. The summed E-state index contributed by atoms with van der Waals surface area (Å²) in [4.78, 5) is 27.4. The van der Waals surface area contributed by atoms with E-state index in [0.29, 0.717) is 0 Å². The Kier molecular flexibility index (Phi) is 5.41. The number of Topliss-reactive ketones (excluding diaryl/α,β-unsaturated/α-hetero) is 1. The highest BCUT2D eigenvalue weighted by molar-refractivity contribution is 5.98. The maximum Gasteiger partial charge on any atom is 0.306 e. The number of carbonyl (C=O) groups is 2. The van der Waals surface area contributed by atoms with Gasteiger partial charge in [-0.15, -0.1) is 0 Å². The van der Waals surface area contributed by atoms with E-state index in [1.165, 1.54) is 24.3 Å². The van der Waals surface area contributed by atoms with Crippen molar-refractivity contribution in [3.05, 3.63) is 47.9 Å². The molecule has 1 heterocycles. The third kappa shape index (κ3) is 4.12. The van der Waals surface area contributed by atoms with Crippen LogP contribution in [0.1, 0.15) is 30.3 Å². The summed E-state index contributed by atoms with van der Waals surface area (Å²) in [6, 6.07) is 8.72. The van der Waals surface area contributed by atoms with Gasteiger partial charge in [-0.25, -0.2) is 9.37 Å². The average molecular weight is 317 g/mol. The number of esters is 1. The first-order chi connectivity index (χ1) is 11.0. The number of ether oxygens (including phenoxy) is 1. The van der Waals surface area contributed by atoms with Crippen molar-refractivity contribution in [1.82, 2.24) is 4.98 Å². The molecule has 0 fully saturated rings. The zero-order valence-electron chi connectivity index (χ0n) is 12.6. The Balaban J connectivity index is 2.22. The number of aromatic nitrogens is 1. The summed E-state index contributed by atoms with van der Waals surface area (Å²) >= 11 is 0. The smallest absolute Gasteiger partial charge is 0.306 e. The molecule has 120 valence electrons. The molecule has 5 nitrogen and oxygen atoms in total. The van der Waals surface area contributed by atoms with E-state index in [1.54, 1.807) is 19.1 Å². The average Bonchev–Trinajstić information content (AvgIpc) is 2.54. The van der Waals surface area contributed by atoms with Gasteiger partial charge in [0.25, 0.3) is 0 Å².